The fourth-order valence-corrected chi connectivity index (χ4v) is 1.48. The molecule has 2 rings (SSSR count). The molecule has 0 radical (unpaired) electrons. The van der Waals surface area contributed by atoms with Crippen molar-refractivity contribution < 1.29 is 0 Å². The van der Waals surface area contributed by atoms with E-state index in [-0.39, 0.29) is 5.95 Å². The normalized spacial score (nSPS) is 9.75. The summed E-state index contributed by atoms with van der Waals surface area (Å²) >= 11 is 0. The zero-order valence-corrected chi connectivity index (χ0v) is 8.81. The first-order valence-electron chi connectivity index (χ1n) is 4.80. The van der Waals surface area contributed by atoms with Gasteiger partial charge in [-0.05, 0) is 24.6 Å². The van der Waals surface area contributed by atoms with Crippen LogP contribution in [0.1, 0.15) is 11.1 Å². The third-order valence-electron chi connectivity index (χ3n) is 2.26. The number of nitrogen functional groups attached to an aromatic ring is 1. The minimum absolute atomic E-state index is 0.239. The van der Waals surface area contributed by atoms with Gasteiger partial charge < -0.3 is 5.73 Å². The highest BCUT2D eigenvalue weighted by molar-refractivity contribution is 5.65. The predicted octanol–water partition coefficient (Wildman–Crippen LogP) is 1.91. The molecule has 1 aromatic carbocycles. The molecule has 0 atom stereocenters. The first-order chi connectivity index (χ1) is 7.70. The van der Waals surface area contributed by atoms with Gasteiger partial charge in [-0.15, -0.1) is 0 Å². The number of hydrogen-bond acceptors (Lipinski definition) is 4. The second kappa shape index (κ2) is 3.99. The van der Waals surface area contributed by atoms with E-state index in [1.165, 1.54) is 0 Å². The van der Waals surface area contributed by atoms with E-state index in [1.54, 1.807) is 18.3 Å². The van der Waals surface area contributed by atoms with Crippen molar-refractivity contribution in [1.29, 1.82) is 5.26 Å². The van der Waals surface area contributed by atoms with Crippen molar-refractivity contribution in [2.24, 2.45) is 0 Å². The first kappa shape index (κ1) is 10.1. The van der Waals surface area contributed by atoms with E-state index >= 15 is 0 Å². The summed E-state index contributed by atoms with van der Waals surface area (Å²) in [5.41, 5.74) is 8.74. The first-order valence-corrected chi connectivity index (χ1v) is 4.80. The Kier molecular flexibility index (Phi) is 2.52. The Balaban J connectivity index is 2.58. The number of nitriles is 1. The Morgan fingerprint density at radius 1 is 1.38 bits per heavy atom. The fourth-order valence-electron chi connectivity index (χ4n) is 1.48. The maximum atomic E-state index is 8.83. The topological polar surface area (TPSA) is 75.6 Å². The number of nitrogens with zero attached hydrogens (tertiary/aromatic N) is 3. The van der Waals surface area contributed by atoms with Crippen LogP contribution in [0, 0.1) is 18.3 Å². The maximum absolute atomic E-state index is 8.83. The lowest BCUT2D eigenvalue weighted by atomic mass is 10.1. The molecule has 0 unspecified atom stereocenters. The van der Waals surface area contributed by atoms with Gasteiger partial charge in [-0.1, -0.05) is 12.1 Å². The summed E-state index contributed by atoms with van der Waals surface area (Å²) in [6.45, 7) is 1.91. The largest absolute Gasteiger partial charge is 0.368 e. The number of hydrogen-bond donors (Lipinski definition) is 1. The average Bonchev–Trinajstić information content (AvgIpc) is 2.32. The third kappa shape index (κ3) is 1.84. The van der Waals surface area contributed by atoms with Crippen molar-refractivity contribution >= 4 is 5.95 Å². The van der Waals surface area contributed by atoms with Crippen molar-refractivity contribution in [2.75, 3.05) is 5.73 Å². The van der Waals surface area contributed by atoms with Crippen LogP contribution in [0.25, 0.3) is 11.3 Å². The van der Waals surface area contributed by atoms with Gasteiger partial charge in [-0.25, -0.2) is 9.97 Å². The van der Waals surface area contributed by atoms with E-state index in [1.807, 2.05) is 19.1 Å². The van der Waals surface area contributed by atoms with Crippen molar-refractivity contribution in [2.45, 2.75) is 6.92 Å². The molecule has 0 aliphatic carbocycles. The van der Waals surface area contributed by atoms with E-state index in [2.05, 4.69) is 16.0 Å². The molecule has 4 nitrogen and oxygen atoms in total. The van der Waals surface area contributed by atoms with Gasteiger partial charge in [0.25, 0.3) is 0 Å². The summed E-state index contributed by atoms with van der Waals surface area (Å²) in [5, 5.41) is 8.83. The van der Waals surface area contributed by atoms with Gasteiger partial charge in [0.2, 0.25) is 5.95 Å². The van der Waals surface area contributed by atoms with Crippen LogP contribution in [0.4, 0.5) is 5.95 Å². The lowest BCUT2D eigenvalue weighted by Gasteiger charge is -2.05. The van der Waals surface area contributed by atoms with Crippen molar-refractivity contribution in [3.8, 4) is 17.3 Å². The molecular weight excluding hydrogens is 200 g/mol. The summed E-state index contributed by atoms with van der Waals surface area (Å²) in [6, 6.07) is 9.36. The minimum atomic E-state index is 0.239. The summed E-state index contributed by atoms with van der Waals surface area (Å²) in [4.78, 5) is 8.08. The molecule has 4 heteroatoms. The molecule has 1 aromatic heterocycles. The van der Waals surface area contributed by atoms with Gasteiger partial charge in [-0.3, -0.25) is 0 Å². The van der Waals surface area contributed by atoms with Crippen LogP contribution >= 0.6 is 0 Å². The van der Waals surface area contributed by atoms with Crippen LogP contribution in [-0.2, 0) is 0 Å². The molecule has 78 valence electrons. The van der Waals surface area contributed by atoms with Gasteiger partial charge in [0.15, 0.2) is 0 Å². The quantitative estimate of drug-likeness (QED) is 0.780. The summed E-state index contributed by atoms with van der Waals surface area (Å²) in [5.74, 6) is 0.239. The number of rotatable bonds is 1. The zero-order chi connectivity index (χ0) is 11.5. The second-order valence-electron chi connectivity index (χ2n) is 3.45. The molecule has 0 saturated carbocycles. The van der Waals surface area contributed by atoms with Crippen LogP contribution in [-0.4, -0.2) is 9.97 Å². The maximum Gasteiger partial charge on any atom is 0.220 e. The van der Waals surface area contributed by atoms with Crippen molar-refractivity contribution in [3.63, 3.8) is 0 Å². The Morgan fingerprint density at radius 3 is 2.94 bits per heavy atom. The molecule has 0 saturated heterocycles. The van der Waals surface area contributed by atoms with Gasteiger partial charge in [0, 0.05) is 11.8 Å². The summed E-state index contributed by atoms with van der Waals surface area (Å²) in [7, 11) is 0. The molecule has 0 spiro atoms. The SMILES string of the molecule is Cc1cnc(N)nc1-c1cccc(C#N)c1. The molecule has 0 fully saturated rings. The van der Waals surface area contributed by atoms with Gasteiger partial charge in [-0.2, -0.15) is 5.26 Å². The number of benzene rings is 1. The third-order valence-corrected chi connectivity index (χ3v) is 2.26. The molecular formula is C12H10N4. The van der Waals surface area contributed by atoms with Gasteiger partial charge in [0.1, 0.15) is 0 Å². The van der Waals surface area contributed by atoms with Crippen molar-refractivity contribution in [1.82, 2.24) is 9.97 Å². The van der Waals surface area contributed by atoms with E-state index in [0.29, 0.717) is 5.56 Å². The lowest BCUT2D eigenvalue weighted by Crippen LogP contribution is -1.98. The van der Waals surface area contributed by atoms with E-state index in [9.17, 15) is 0 Å². The predicted molar refractivity (Wildman–Crippen MR) is 61.3 cm³/mol. The molecule has 0 bridgehead atoms. The molecule has 16 heavy (non-hydrogen) atoms. The van der Waals surface area contributed by atoms with Crippen LogP contribution in [0.15, 0.2) is 30.5 Å². The Labute approximate surface area is 93.4 Å². The highest BCUT2D eigenvalue weighted by Gasteiger charge is 2.05. The number of aryl methyl sites for hydroxylation is 1. The van der Waals surface area contributed by atoms with Crippen LogP contribution in [0.3, 0.4) is 0 Å². The average molecular weight is 210 g/mol. The number of nitrogens with two attached hydrogens (primary N) is 1. The molecule has 0 aliphatic heterocycles. The van der Waals surface area contributed by atoms with E-state index < -0.39 is 0 Å². The minimum Gasteiger partial charge on any atom is -0.368 e. The molecule has 0 aliphatic rings. The van der Waals surface area contributed by atoms with Crippen LogP contribution in [0.2, 0.25) is 0 Å². The molecule has 2 N–H and O–H groups in total. The fraction of sp³-hybridized carbons (Fsp3) is 0.0833. The standard InChI is InChI=1S/C12H10N4/c1-8-7-15-12(14)16-11(8)10-4-2-3-9(5-10)6-13/h2-5,7H,1H3,(H2,14,15,16). The van der Waals surface area contributed by atoms with Crippen molar-refractivity contribution in [3.05, 3.63) is 41.6 Å². The number of aromatic nitrogens is 2. The Bertz CT molecular complexity index is 569. The van der Waals surface area contributed by atoms with Crippen LogP contribution < -0.4 is 5.73 Å². The number of anilines is 1. The Hall–Kier alpha value is -2.41. The highest BCUT2D eigenvalue weighted by atomic mass is 15.0. The van der Waals surface area contributed by atoms with Crippen LogP contribution in [0.5, 0.6) is 0 Å². The summed E-state index contributed by atoms with van der Waals surface area (Å²) < 4.78 is 0. The second-order valence-corrected chi connectivity index (χ2v) is 3.45. The monoisotopic (exact) mass is 210 g/mol. The molecule has 0 amide bonds. The Morgan fingerprint density at radius 2 is 2.19 bits per heavy atom. The highest BCUT2D eigenvalue weighted by Crippen LogP contribution is 2.21. The zero-order valence-electron chi connectivity index (χ0n) is 8.81. The van der Waals surface area contributed by atoms with E-state index in [4.69, 9.17) is 11.0 Å². The lowest BCUT2D eigenvalue weighted by molar-refractivity contribution is 1.15. The molecule has 1 heterocycles. The molecule has 2 aromatic rings. The van der Waals surface area contributed by atoms with Gasteiger partial charge in [0.05, 0.1) is 17.3 Å². The summed E-state index contributed by atoms with van der Waals surface area (Å²) in [6.07, 6.45) is 1.68. The van der Waals surface area contributed by atoms with E-state index in [0.717, 1.165) is 16.8 Å². The van der Waals surface area contributed by atoms with Gasteiger partial charge >= 0.3 is 0 Å². The smallest absolute Gasteiger partial charge is 0.220 e.